The zero-order valence-electron chi connectivity index (χ0n) is 16.1. The maximum Gasteiger partial charge on any atom is 0.140 e. The second-order valence-corrected chi connectivity index (χ2v) is 6.73. The van der Waals surface area contributed by atoms with Crippen LogP contribution in [-0.2, 0) is 0 Å². The van der Waals surface area contributed by atoms with Crippen LogP contribution < -0.4 is 10.1 Å². The zero-order valence-corrected chi connectivity index (χ0v) is 16.1. The molecule has 4 rings (SSSR count). The van der Waals surface area contributed by atoms with Crippen molar-refractivity contribution in [3.8, 4) is 17.0 Å². The molecular weight excluding hydrogens is 322 g/mol. The van der Waals surface area contributed by atoms with Crippen LogP contribution in [0, 0.1) is 13.8 Å². The van der Waals surface area contributed by atoms with Gasteiger partial charge in [0.05, 0.1) is 12.3 Å². The first-order valence-electron chi connectivity index (χ1n) is 9.59. The topological polar surface area (TPSA) is 38.6 Å². The van der Waals surface area contributed by atoms with Crippen LogP contribution in [0.5, 0.6) is 5.75 Å². The predicted octanol–water partition coefficient (Wildman–Crippen LogP) is 4.78. The van der Waals surface area contributed by atoms with Gasteiger partial charge >= 0.3 is 0 Å². The van der Waals surface area contributed by atoms with E-state index in [1.807, 2.05) is 18.2 Å². The first-order valence-corrected chi connectivity index (χ1v) is 9.59. The van der Waals surface area contributed by atoms with E-state index in [2.05, 4.69) is 54.9 Å². The number of benzene rings is 1. The normalized spacial score (nSPS) is 13.5. The summed E-state index contributed by atoms with van der Waals surface area (Å²) < 4.78 is 8.01. The molecule has 0 atom stereocenters. The third-order valence-electron chi connectivity index (χ3n) is 4.64. The Labute approximate surface area is 156 Å². The van der Waals surface area contributed by atoms with Gasteiger partial charge in [0.15, 0.2) is 0 Å². The average Bonchev–Trinajstić information content (AvgIpc) is 3.34. The Kier molecular flexibility index (Phi) is 6.29. The Morgan fingerprint density at radius 3 is 2.50 bits per heavy atom. The first-order chi connectivity index (χ1) is 12.7. The number of aryl methyl sites for hydroxylation is 2. The van der Waals surface area contributed by atoms with Crippen molar-refractivity contribution in [1.29, 1.82) is 0 Å². The Bertz CT molecular complexity index is 842. The summed E-state index contributed by atoms with van der Waals surface area (Å²) in [5.41, 5.74) is 5.39. The van der Waals surface area contributed by atoms with Gasteiger partial charge in [0.25, 0.3) is 0 Å². The highest BCUT2D eigenvalue weighted by Crippen LogP contribution is 2.32. The highest BCUT2D eigenvalue weighted by Gasteiger charge is 2.15. The van der Waals surface area contributed by atoms with Crippen molar-refractivity contribution in [2.45, 2.75) is 40.0 Å². The quantitative estimate of drug-likeness (QED) is 0.735. The summed E-state index contributed by atoms with van der Waals surface area (Å²) in [4.78, 5) is 4.83. The van der Waals surface area contributed by atoms with Gasteiger partial charge < -0.3 is 14.5 Å². The van der Waals surface area contributed by atoms with Crippen LogP contribution in [0.1, 0.15) is 37.4 Å². The van der Waals surface area contributed by atoms with E-state index in [9.17, 15) is 0 Å². The molecule has 0 radical (unpaired) electrons. The molecule has 0 spiro atoms. The predicted molar refractivity (Wildman–Crippen MR) is 108 cm³/mol. The Morgan fingerprint density at radius 1 is 1.08 bits per heavy atom. The second-order valence-electron chi connectivity index (χ2n) is 6.73. The molecular formula is C22H29N3O. The minimum atomic E-state index is 0.725. The number of ether oxygens (including phenoxy) is 1. The first kappa shape index (κ1) is 18.5. The fourth-order valence-corrected chi connectivity index (χ4v) is 3.20. The molecule has 4 nitrogen and oxygen atoms in total. The number of hydrogen-bond acceptors (Lipinski definition) is 3. The molecule has 2 aromatic heterocycles. The van der Waals surface area contributed by atoms with Crippen LogP contribution >= 0.6 is 0 Å². The van der Waals surface area contributed by atoms with Crippen LogP contribution in [-0.4, -0.2) is 29.1 Å². The van der Waals surface area contributed by atoms with E-state index in [1.54, 1.807) is 0 Å². The number of fused-ring (bicyclic) bond motifs is 1. The van der Waals surface area contributed by atoms with E-state index in [0.717, 1.165) is 41.4 Å². The van der Waals surface area contributed by atoms with E-state index in [0.29, 0.717) is 0 Å². The molecule has 0 unspecified atom stereocenters. The van der Waals surface area contributed by atoms with Crippen LogP contribution in [0.15, 0.2) is 42.6 Å². The highest BCUT2D eigenvalue weighted by atomic mass is 16.5. The summed E-state index contributed by atoms with van der Waals surface area (Å²) in [7, 11) is 0. The molecule has 0 bridgehead atoms. The summed E-state index contributed by atoms with van der Waals surface area (Å²) >= 11 is 0. The van der Waals surface area contributed by atoms with Gasteiger partial charge in [0.1, 0.15) is 11.4 Å². The lowest BCUT2D eigenvalue weighted by Crippen LogP contribution is -2.03. The third-order valence-corrected chi connectivity index (χ3v) is 4.64. The maximum atomic E-state index is 5.87. The number of imidazole rings is 1. The molecule has 1 aliphatic heterocycles. The average molecular weight is 351 g/mol. The highest BCUT2D eigenvalue weighted by molar-refractivity contribution is 5.72. The fraction of sp³-hybridized carbons (Fsp3) is 0.409. The van der Waals surface area contributed by atoms with Gasteiger partial charge in [-0.25, -0.2) is 4.98 Å². The lowest BCUT2D eigenvalue weighted by atomic mass is 10.1. The molecule has 1 aromatic carbocycles. The lowest BCUT2D eigenvalue weighted by molar-refractivity contribution is 0.318. The Hall–Kier alpha value is -2.33. The lowest BCUT2D eigenvalue weighted by Gasteiger charge is -2.09. The largest absolute Gasteiger partial charge is 0.493 e. The Balaban J connectivity index is 0.000000339. The standard InChI is InChI=1S/C18H20N2O.C4H9N/c1-4-12-21-16-10-6-5-9-15(16)17-14(3)20-11-7-8-13(2)18(20)19-17;1-2-4-5-3-1/h5-11H,4,12H2,1-3H3;5H,1-4H2. The van der Waals surface area contributed by atoms with Crippen molar-refractivity contribution < 1.29 is 4.74 Å². The van der Waals surface area contributed by atoms with E-state index >= 15 is 0 Å². The molecule has 0 saturated carbocycles. The van der Waals surface area contributed by atoms with Crippen LogP contribution in [0.2, 0.25) is 0 Å². The van der Waals surface area contributed by atoms with Gasteiger partial charge in [-0.2, -0.15) is 0 Å². The van der Waals surface area contributed by atoms with Gasteiger partial charge in [0, 0.05) is 17.5 Å². The van der Waals surface area contributed by atoms with E-state index in [1.165, 1.54) is 31.5 Å². The summed E-state index contributed by atoms with van der Waals surface area (Å²) in [6.45, 7) is 9.53. The smallest absolute Gasteiger partial charge is 0.140 e. The summed E-state index contributed by atoms with van der Waals surface area (Å²) in [6.07, 6.45) is 5.83. The van der Waals surface area contributed by atoms with Crippen molar-refractivity contribution >= 4 is 5.65 Å². The van der Waals surface area contributed by atoms with Crippen LogP contribution in [0.4, 0.5) is 0 Å². The number of nitrogens with zero attached hydrogens (tertiary/aromatic N) is 2. The molecule has 26 heavy (non-hydrogen) atoms. The number of pyridine rings is 1. The zero-order chi connectivity index (χ0) is 18.4. The summed E-state index contributed by atoms with van der Waals surface area (Å²) in [5.74, 6) is 0.906. The summed E-state index contributed by atoms with van der Waals surface area (Å²) in [5, 5.41) is 3.22. The van der Waals surface area contributed by atoms with Gasteiger partial charge in [0.2, 0.25) is 0 Å². The summed E-state index contributed by atoms with van der Waals surface area (Å²) in [6, 6.07) is 12.3. The van der Waals surface area contributed by atoms with Gasteiger partial charge in [-0.15, -0.1) is 0 Å². The van der Waals surface area contributed by atoms with Crippen molar-refractivity contribution in [2.24, 2.45) is 0 Å². The van der Waals surface area contributed by atoms with Crippen molar-refractivity contribution in [3.05, 3.63) is 53.9 Å². The molecule has 3 aromatic rings. The van der Waals surface area contributed by atoms with Gasteiger partial charge in [-0.3, -0.25) is 0 Å². The third kappa shape index (κ3) is 4.07. The molecule has 0 amide bonds. The molecule has 1 saturated heterocycles. The number of nitrogens with one attached hydrogen (secondary N) is 1. The monoisotopic (exact) mass is 351 g/mol. The van der Waals surface area contributed by atoms with Gasteiger partial charge in [-0.1, -0.05) is 25.1 Å². The van der Waals surface area contributed by atoms with Crippen LogP contribution in [0.3, 0.4) is 0 Å². The molecule has 138 valence electrons. The van der Waals surface area contributed by atoms with Crippen molar-refractivity contribution in [1.82, 2.24) is 14.7 Å². The molecule has 1 N–H and O–H groups in total. The van der Waals surface area contributed by atoms with E-state index in [4.69, 9.17) is 9.72 Å². The fourth-order valence-electron chi connectivity index (χ4n) is 3.20. The minimum absolute atomic E-state index is 0.725. The Morgan fingerprint density at radius 2 is 1.85 bits per heavy atom. The van der Waals surface area contributed by atoms with E-state index in [-0.39, 0.29) is 0 Å². The molecule has 0 aliphatic carbocycles. The number of para-hydroxylation sites is 1. The molecule has 3 heterocycles. The van der Waals surface area contributed by atoms with Crippen molar-refractivity contribution in [2.75, 3.05) is 19.7 Å². The minimum Gasteiger partial charge on any atom is -0.493 e. The molecule has 1 aliphatic rings. The maximum absolute atomic E-state index is 5.87. The number of rotatable bonds is 4. The van der Waals surface area contributed by atoms with E-state index < -0.39 is 0 Å². The van der Waals surface area contributed by atoms with Crippen molar-refractivity contribution in [3.63, 3.8) is 0 Å². The SMILES string of the molecule is C1CCNC1.CCCOc1ccccc1-c1nc2c(C)cccn2c1C. The number of hydrogen-bond donors (Lipinski definition) is 1. The number of aromatic nitrogens is 2. The molecule has 1 fully saturated rings. The van der Waals surface area contributed by atoms with Crippen LogP contribution in [0.25, 0.3) is 16.9 Å². The second kappa shape index (κ2) is 8.86. The van der Waals surface area contributed by atoms with Gasteiger partial charge in [-0.05, 0) is 70.0 Å². The molecule has 4 heteroatoms.